The van der Waals surface area contributed by atoms with Gasteiger partial charge in [0.05, 0.1) is 24.3 Å². The first-order valence-electron chi connectivity index (χ1n) is 6.04. The third kappa shape index (κ3) is 2.90. The molecule has 0 spiro atoms. The Morgan fingerprint density at radius 3 is 2.57 bits per heavy atom. The monoisotopic (exact) mass is 301 g/mol. The lowest BCUT2D eigenvalue weighted by Gasteiger charge is -2.04. The highest BCUT2D eigenvalue weighted by Gasteiger charge is 2.17. The van der Waals surface area contributed by atoms with Gasteiger partial charge in [-0.25, -0.2) is 18.1 Å². The van der Waals surface area contributed by atoms with E-state index in [-0.39, 0.29) is 10.7 Å². The molecular weight excluding hydrogens is 290 g/mol. The van der Waals surface area contributed by atoms with Crippen molar-refractivity contribution in [2.24, 2.45) is 0 Å². The van der Waals surface area contributed by atoms with E-state index in [1.807, 2.05) is 30.3 Å². The van der Waals surface area contributed by atoms with Crippen LogP contribution in [-0.2, 0) is 10.0 Å². The smallest absolute Gasteiger partial charge is 0.262 e. The van der Waals surface area contributed by atoms with Crippen LogP contribution >= 0.6 is 0 Å². The Kier molecular flexibility index (Phi) is 3.36. The number of benzene rings is 1. The summed E-state index contributed by atoms with van der Waals surface area (Å²) in [6.45, 7) is 0. The molecule has 7 nitrogen and oxygen atoms in total. The summed E-state index contributed by atoms with van der Waals surface area (Å²) in [5.74, 6) is 0.157. The van der Waals surface area contributed by atoms with E-state index in [0.717, 1.165) is 5.69 Å². The largest absolute Gasteiger partial charge is 0.266 e. The topological polar surface area (TPSA) is 89.8 Å². The summed E-state index contributed by atoms with van der Waals surface area (Å²) in [4.78, 5) is 7.73. The Labute approximate surface area is 121 Å². The van der Waals surface area contributed by atoms with Gasteiger partial charge in [0.2, 0.25) is 0 Å². The number of para-hydroxylation sites is 1. The Hall–Kier alpha value is -2.74. The average Bonchev–Trinajstić information content (AvgIpc) is 2.99. The van der Waals surface area contributed by atoms with Crippen molar-refractivity contribution in [3.8, 4) is 5.69 Å². The molecule has 0 atom stereocenters. The van der Waals surface area contributed by atoms with E-state index < -0.39 is 10.0 Å². The second-order valence-corrected chi connectivity index (χ2v) is 5.83. The number of hydrogen-bond donors (Lipinski definition) is 1. The highest BCUT2D eigenvalue weighted by molar-refractivity contribution is 7.92. The molecule has 0 fully saturated rings. The summed E-state index contributed by atoms with van der Waals surface area (Å²) in [7, 11) is -3.74. The van der Waals surface area contributed by atoms with Crippen molar-refractivity contribution >= 4 is 15.8 Å². The first-order chi connectivity index (χ1) is 10.1. The van der Waals surface area contributed by atoms with Crippen LogP contribution in [0.5, 0.6) is 0 Å². The number of anilines is 1. The van der Waals surface area contributed by atoms with Crippen molar-refractivity contribution < 1.29 is 8.42 Å². The zero-order chi connectivity index (χ0) is 14.7. The molecule has 0 bridgehead atoms. The van der Waals surface area contributed by atoms with Gasteiger partial charge in [-0.15, -0.1) is 0 Å². The minimum absolute atomic E-state index is 0.0528. The van der Waals surface area contributed by atoms with Gasteiger partial charge in [0.25, 0.3) is 10.0 Å². The quantitative estimate of drug-likeness (QED) is 0.788. The van der Waals surface area contributed by atoms with Gasteiger partial charge in [-0.2, -0.15) is 5.10 Å². The molecule has 2 aromatic heterocycles. The molecule has 0 radical (unpaired) electrons. The predicted molar refractivity (Wildman–Crippen MR) is 76.4 cm³/mol. The molecule has 1 aromatic carbocycles. The van der Waals surface area contributed by atoms with Crippen molar-refractivity contribution in [1.82, 2.24) is 19.7 Å². The number of aromatic nitrogens is 4. The Morgan fingerprint density at radius 2 is 1.86 bits per heavy atom. The fourth-order valence-electron chi connectivity index (χ4n) is 1.72. The van der Waals surface area contributed by atoms with Crippen LogP contribution in [0.15, 0.2) is 66.2 Å². The van der Waals surface area contributed by atoms with Crippen LogP contribution in [0.1, 0.15) is 0 Å². The molecule has 3 aromatic rings. The van der Waals surface area contributed by atoms with E-state index in [1.54, 1.807) is 0 Å². The Morgan fingerprint density at radius 1 is 1.05 bits per heavy atom. The molecule has 2 heterocycles. The predicted octanol–water partition coefficient (Wildman–Crippen LogP) is 1.46. The SMILES string of the molecule is O=S(=O)(Nc1cnccn1)c1cnn(-c2ccccc2)c1. The lowest BCUT2D eigenvalue weighted by Crippen LogP contribution is -2.13. The van der Waals surface area contributed by atoms with Crippen LogP contribution in [0.25, 0.3) is 5.69 Å². The van der Waals surface area contributed by atoms with Gasteiger partial charge < -0.3 is 0 Å². The summed E-state index contributed by atoms with van der Waals surface area (Å²) in [6, 6.07) is 9.24. The fraction of sp³-hybridized carbons (Fsp3) is 0. The molecule has 0 aliphatic heterocycles. The van der Waals surface area contributed by atoms with E-state index in [0.29, 0.717) is 0 Å². The number of nitrogens with zero attached hydrogens (tertiary/aromatic N) is 4. The van der Waals surface area contributed by atoms with Gasteiger partial charge in [0.1, 0.15) is 4.90 Å². The maximum atomic E-state index is 12.2. The minimum atomic E-state index is -3.74. The minimum Gasteiger partial charge on any atom is -0.262 e. The fourth-order valence-corrected chi connectivity index (χ4v) is 2.64. The van der Waals surface area contributed by atoms with Crippen molar-refractivity contribution in [3.05, 3.63) is 61.3 Å². The number of hydrogen-bond acceptors (Lipinski definition) is 5. The van der Waals surface area contributed by atoms with Gasteiger partial charge in [-0.1, -0.05) is 18.2 Å². The molecule has 21 heavy (non-hydrogen) atoms. The molecule has 0 amide bonds. The summed E-state index contributed by atoms with van der Waals surface area (Å²) in [5, 5.41) is 4.06. The van der Waals surface area contributed by atoms with E-state index in [4.69, 9.17) is 0 Å². The lowest BCUT2D eigenvalue weighted by atomic mass is 10.3. The maximum absolute atomic E-state index is 12.2. The number of nitrogens with one attached hydrogen (secondary N) is 1. The van der Waals surface area contributed by atoms with Crippen LogP contribution in [0.3, 0.4) is 0 Å². The second-order valence-electron chi connectivity index (χ2n) is 4.15. The average molecular weight is 301 g/mol. The second kappa shape index (κ2) is 5.33. The van der Waals surface area contributed by atoms with Gasteiger partial charge in [0.15, 0.2) is 5.82 Å². The van der Waals surface area contributed by atoms with Crippen molar-refractivity contribution in [1.29, 1.82) is 0 Å². The van der Waals surface area contributed by atoms with Gasteiger partial charge >= 0.3 is 0 Å². The molecule has 0 saturated carbocycles. The highest BCUT2D eigenvalue weighted by atomic mass is 32.2. The highest BCUT2D eigenvalue weighted by Crippen LogP contribution is 2.14. The summed E-state index contributed by atoms with van der Waals surface area (Å²) >= 11 is 0. The molecule has 1 N–H and O–H groups in total. The van der Waals surface area contributed by atoms with E-state index in [2.05, 4.69) is 19.8 Å². The zero-order valence-corrected chi connectivity index (χ0v) is 11.6. The van der Waals surface area contributed by atoms with Gasteiger partial charge in [-0.3, -0.25) is 9.71 Å². The van der Waals surface area contributed by atoms with E-state index >= 15 is 0 Å². The maximum Gasteiger partial charge on any atom is 0.266 e. The Bertz CT molecular complexity index is 831. The van der Waals surface area contributed by atoms with Crippen LogP contribution in [0.4, 0.5) is 5.82 Å². The van der Waals surface area contributed by atoms with Crippen LogP contribution in [0.2, 0.25) is 0 Å². The summed E-state index contributed by atoms with van der Waals surface area (Å²) < 4.78 is 28.3. The van der Waals surface area contributed by atoms with Crippen LogP contribution in [-0.4, -0.2) is 28.2 Å². The molecule has 106 valence electrons. The number of sulfonamides is 1. The lowest BCUT2D eigenvalue weighted by molar-refractivity contribution is 0.601. The zero-order valence-electron chi connectivity index (χ0n) is 10.8. The summed E-state index contributed by atoms with van der Waals surface area (Å²) in [5.41, 5.74) is 0.776. The standard InChI is InChI=1S/C13H11N5O2S/c19-21(20,17-13-9-14-6-7-15-13)12-8-16-18(10-12)11-4-2-1-3-5-11/h1-10H,(H,15,17). The van der Waals surface area contributed by atoms with E-state index in [9.17, 15) is 8.42 Å². The first kappa shape index (κ1) is 13.3. The van der Waals surface area contributed by atoms with Gasteiger partial charge in [-0.05, 0) is 12.1 Å². The molecule has 3 rings (SSSR count). The third-order valence-corrected chi connectivity index (χ3v) is 4.00. The summed E-state index contributed by atoms with van der Waals surface area (Å²) in [6.07, 6.45) is 6.93. The molecule has 0 aliphatic rings. The normalized spacial score (nSPS) is 11.2. The van der Waals surface area contributed by atoms with E-state index in [1.165, 1.54) is 35.7 Å². The van der Waals surface area contributed by atoms with Crippen molar-refractivity contribution in [2.75, 3.05) is 4.72 Å². The van der Waals surface area contributed by atoms with Crippen LogP contribution < -0.4 is 4.72 Å². The first-order valence-corrected chi connectivity index (χ1v) is 7.52. The molecule has 0 saturated heterocycles. The Balaban J connectivity index is 1.89. The third-order valence-electron chi connectivity index (χ3n) is 2.69. The van der Waals surface area contributed by atoms with Crippen molar-refractivity contribution in [2.45, 2.75) is 4.90 Å². The van der Waals surface area contributed by atoms with Crippen molar-refractivity contribution in [3.63, 3.8) is 0 Å². The molecule has 0 aliphatic carbocycles. The van der Waals surface area contributed by atoms with Crippen LogP contribution in [0, 0.1) is 0 Å². The van der Waals surface area contributed by atoms with Gasteiger partial charge in [0, 0.05) is 12.4 Å². The molecule has 0 unspecified atom stereocenters. The molecule has 8 heteroatoms. The number of rotatable bonds is 4. The molecular formula is C13H11N5O2S.